The van der Waals surface area contributed by atoms with E-state index < -0.39 is 60.5 Å². The topological polar surface area (TPSA) is 132 Å². The highest BCUT2D eigenvalue weighted by atomic mass is 32.2. The maximum atomic E-state index is 11.9. The lowest BCUT2D eigenvalue weighted by Gasteiger charge is -2.48. The zero-order chi connectivity index (χ0) is 38.2. The molecule has 0 saturated carbocycles. The van der Waals surface area contributed by atoms with E-state index in [1.54, 1.807) is 0 Å². The fourth-order valence-electron chi connectivity index (χ4n) is 6.92. The molecule has 0 aliphatic rings. The third kappa shape index (κ3) is 8.87. The predicted molar refractivity (Wildman–Crippen MR) is 207 cm³/mol. The summed E-state index contributed by atoms with van der Waals surface area (Å²) in [6, 6.07) is 47.4. The van der Waals surface area contributed by atoms with Gasteiger partial charge in [0, 0.05) is 13.0 Å². The summed E-state index contributed by atoms with van der Waals surface area (Å²) in [5.74, 6) is -6.32. The molecule has 0 amide bonds. The first-order valence-corrected chi connectivity index (χ1v) is 21.1. The Balaban J connectivity index is 1.70. The normalized spacial score (nSPS) is 14.1. The summed E-state index contributed by atoms with van der Waals surface area (Å²) in [6.07, 6.45) is 0.474. The second-order valence-electron chi connectivity index (χ2n) is 13.9. The second-order valence-corrected chi connectivity index (χ2v) is 19.9. The summed E-state index contributed by atoms with van der Waals surface area (Å²) in [7, 11) is -7.06. The molecule has 0 saturated heterocycles. The zero-order valence-electron chi connectivity index (χ0n) is 30.5. The molecule has 53 heavy (non-hydrogen) atoms. The van der Waals surface area contributed by atoms with Crippen LogP contribution in [0.3, 0.4) is 0 Å². The summed E-state index contributed by atoms with van der Waals surface area (Å²) in [6.45, 7) is 5.15. The highest BCUT2D eigenvalue weighted by molar-refractivity contribution is 7.85. The van der Waals surface area contributed by atoms with E-state index in [-0.39, 0.29) is 6.61 Å². The van der Waals surface area contributed by atoms with Crippen molar-refractivity contribution in [1.82, 2.24) is 0 Å². The first kappa shape index (κ1) is 40.2. The molecule has 0 aromatic heterocycles. The van der Waals surface area contributed by atoms with Crippen LogP contribution in [-0.4, -0.2) is 69.9 Å². The smallest absolute Gasteiger partial charge is 0.333 e. The van der Waals surface area contributed by atoms with Crippen LogP contribution in [0.25, 0.3) is 0 Å². The minimum absolute atomic E-state index is 0.182. The van der Waals surface area contributed by atoms with Crippen molar-refractivity contribution in [2.24, 2.45) is 0 Å². The van der Waals surface area contributed by atoms with Crippen molar-refractivity contribution in [2.45, 2.75) is 49.6 Å². The molecule has 5 rings (SSSR count). The van der Waals surface area contributed by atoms with Crippen molar-refractivity contribution in [1.29, 1.82) is 0 Å². The van der Waals surface area contributed by atoms with E-state index in [0.29, 0.717) is 16.7 Å². The zero-order valence-corrected chi connectivity index (χ0v) is 32.3. The second kappa shape index (κ2) is 16.6. The minimum atomic E-state index is -3.88. The van der Waals surface area contributed by atoms with E-state index in [0.717, 1.165) is 16.6 Å². The molecule has 0 bridgehead atoms. The standard InChI is InChI=1S/C42H48O9SSi/c1-39(2,3)53(37-26-16-8-17-27-37,38-28-18-9-19-29-38)50-31-30-40(42(43,44)45,48-32-33-49-52(4,46)47)51-41(34-20-10-5-11-21-34,35-22-12-6-13-23-35)36-24-14-7-15-25-36/h5-29,43-45H,30-33H2,1-4H3. The Morgan fingerprint density at radius 3 is 1.28 bits per heavy atom. The van der Waals surface area contributed by atoms with E-state index in [1.807, 2.05) is 152 Å². The number of rotatable bonds is 17. The van der Waals surface area contributed by atoms with Gasteiger partial charge in [0.15, 0.2) is 0 Å². The van der Waals surface area contributed by atoms with Gasteiger partial charge in [-0.1, -0.05) is 172 Å². The quantitative estimate of drug-likeness (QED) is 0.0382. The third-order valence-corrected chi connectivity index (χ3v) is 14.9. The van der Waals surface area contributed by atoms with Crippen LogP contribution in [0.5, 0.6) is 0 Å². The molecular weight excluding hydrogens is 709 g/mol. The Hall–Kier alpha value is -4.01. The number of hydrogen-bond acceptors (Lipinski definition) is 9. The van der Waals surface area contributed by atoms with Gasteiger partial charge in [-0.2, -0.15) is 8.42 Å². The molecule has 0 heterocycles. The average Bonchev–Trinajstić information content (AvgIpc) is 3.14. The Bertz CT molecular complexity index is 1830. The molecule has 1 unspecified atom stereocenters. The van der Waals surface area contributed by atoms with Gasteiger partial charge in [-0.15, -0.1) is 0 Å². The molecule has 5 aromatic carbocycles. The number of ether oxygens (including phenoxy) is 2. The lowest BCUT2D eigenvalue weighted by atomic mass is 9.79. The van der Waals surface area contributed by atoms with Gasteiger partial charge in [-0.25, -0.2) is 0 Å². The SMILES string of the molecule is CC(C)(C)[Si](OCCC(OCCOS(C)(=O)=O)(OC(c1ccccc1)(c1ccccc1)c1ccccc1)C(O)(O)O)(c1ccccc1)c1ccccc1. The van der Waals surface area contributed by atoms with Gasteiger partial charge in [0.1, 0.15) is 5.60 Å². The first-order valence-electron chi connectivity index (χ1n) is 17.4. The lowest BCUT2D eigenvalue weighted by molar-refractivity contribution is -0.478. The van der Waals surface area contributed by atoms with Gasteiger partial charge in [0.2, 0.25) is 0 Å². The summed E-state index contributed by atoms with van der Waals surface area (Å²) < 4.78 is 49.2. The molecular formula is C42H48O9SSi. The first-order chi connectivity index (χ1) is 25.1. The van der Waals surface area contributed by atoms with Crippen LogP contribution < -0.4 is 10.4 Å². The van der Waals surface area contributed by atoms with E-state index >= 15 is 0 Å². The Morgan fingerprint density at radius 2 is 0.943 bits per heavy atom. The molecule has 0 radical (unpaired) electrons. The van der Waals surface area contributed by atoms with Crippen LogP contribution in [0.4, 0.5) is 0 Å². The minimum Gasteiger partial charge on any atom is -0.407 e. The summed E-state index contributed by atoms with van der Waals surface area (Å²) >= 11 is 0. The Kier molecular flexibility index (Phi) is 12.6. The van der Waals surface area contributed by atoms with Crippen molar-refractivity contribution in [3.8, 4) is 0 Å². The van der Waals surface area contributed by atoms with E-state index in [2.05, 4.69) is 20.8 Å². The van der Waals surface area contributed by atoms with Crippen molar-refractivity contribution in [3.63, 3.8) is 0 Å². The lowest BCUT2D eigenvalue weighted by Crippen LogP contribution is -2.67. The molecule has 0 aliphatic heterocycles. The van der Waals surface area contributed by atoms with Gasteiger partial charge in [-0.3, -0.25) is 4.18 Å². The van der Waals surface area contributed by atoms with Crippen LogP contribution in [0.2, 0.25) is 5.04 Å². The van der Waals surface area contributed by atoms with Gasteiger partial charge >= 0.3 is 5.97 Å². The van der Waals surface area contributed by atoms with E-state index in [9.17, 15) is 23.7 Å². The number of benzene rings is 5. The fourth-order valence-corrected chi connectivity index (χ4v) is 11.9. The van der Waals surface area contributed by atoms with Crippen LogP contribution in [0, 0.1) is 0 Å². The van der Waals surface area contributed by atoms with Gasteiger partial charge in [-0.05, 0) is 32.1 Å². The van der Waals surface area contributed by atoms with Crippen LogP contribution in [0.15, 0.2) is 152 Å². The van der Waals surface area contributed by atoms with E-state index in [4.69, 9.17) is 18.1 Å². The van der Waals surface area contributed by atoms with E-state index in [1.165, 1.54) is 0 Å². The molecule has 0 aliphatic carbocycles. The van der Waals surface area contributed by atoms with Crippen molar-refractivity contribution in [2.75, 3.05) is 26.1 Å². The largest absolute Gasteiger partial charge is 0.407 e. The maximum Gasteiger partial charge on any atom is 0.333 e. The molecule has 9 nitrogen and oxygen atoms in total. The summed E-state index contributed by atoms with van der Waals surface area (Å²) in [5.41, 5.74) is 0.165. The fraction of sp³-hybridized carbons (Fsp3) is 0.286. The molecule has 0 spiro atoms. The summed E-state index contributed by atoms with van der Waals surface area (Å²) in [5, 5.41) is 36.0. The maximum absolute atomic E-state index is 11.9. The molecule has 1 atom stereocenters. The summed E-state index contributed by atoms with van der Waals surface area (Å²) in [4.78, 5) is 0. The molecule has 0 fully saturated rings. The molecule has 280 valence electrons. The number of hydrogen-bond donors (Lipinski definition) is 3. The molecule has 11 heteroatoms. The Labute approximate surface area is 313 Å². The van der Waals surface area contributed by atoms with Crippen LogP contribution in [0.1, 0.15) is 43.9 Å². The van der Waals surface area contributed by atoms with Crippen molar-refractivity contribution >= 4 is 28.8 Å². The van der Waals surface area contributed by atoms with Crippen molar-refractivity contribution < 1.29 is 41.8 Å². The van der Waals surface area contributed by atoms with Crippen LogP contribution >= 0.6 is 0 Å². The van der Waals surface area contributed by atoms with Gasteiger partial charge in [0.05, 0.1) is 19.5 Å². The molecule has 3 N–H and O–H groups in total. The predicted octanol–water partition coefficient (Wildman–Crippen LogP) is 5.28. The highest BCUT2D eigenvalue weighted by Gasteiger charge is 2.59. The monoisotopic (exact) mass is 756 g/mol. The highest BCUT2D eigenvalue weighted by Crippen LogP contribution is 2.47. The van der Waals surface area contributed by atoms with Crippen molar-refractivity contribution in [3.05, 3.63) is 168 Å². The van der Waals surface area contributed by atoms with Crippen LogP contribution in [-0.2, 0) is 33.8 Å². The number of aliphatic hydroxyl groups is 3. The average molecular weight is 757 g/mol. The Morgan fingerprint density at radius 1 is 0.566 bits per heavy atom. The third-order valence-electron chi connectivity index (χ3n) is 9.25. The van der Waals surface area contributed by atoms with Gasteiger partial charge < -0.3 is 29.2 Å². The molecule has 5 aromatic rings. The van der Waals surface area contributed by atoms with Gasteiger partial charge in [0.25, 0.3) is 24.2 Å².